The fraction of sp³-hybridized carbons (Fsp3) is 0.490. The highest BCUT2D eigenvalue weighted by Crippen LogP contribution is 2.33. The third kappa shape index (κ3) is 17.1. The van der Waals surface area contributed by atoms with Gasteiger partial charge in [0.1, 0.15) is 0 Å². The van der Waals surface area contributed by atoms with E-state index in [0.717, 1.165) is 54.3 Å². The highest BCUT2D eigenvalue weighted by atomic mass is 32.2. The average molecular weight is 756 g/mol. The molecule has 0 heterocycles. The minimum Gasteiger partial charge on any atom is -0.375 e. The van der Waals surface area contributed by atoms with Gasteiger partial charge in [0.25, 0.3) is 0 Å². The molecule has 3 atom stereocenters. The van der Waals surface area contributed by atoms with Gasteiger partial charge in [-0.15, -0.1) is 6.58 Å². The first-order chi connectivity index (χ1) is 26.7. The normalized spacial score (nSPS) is 15.2. The van der Waals surface area contributed by atoms with Crippen LogP contribution in [0.4, 0.5) is 0 Å². The van der Waals surface area contributed by atoms with Gasteiger partial charge in [-0.3, -0.25) is 0 Å². The zero-order valence-corrected chi connectivity index (χ0v) is 35.9. The Morgan fingerprint density at radius 2 is 1.67 bits per heavy atom. The Labute approximate surface area is 343 Å². The smallest absolute Gasteiger partial charge is 0.191 e. The van der Waals surface area contributed by atoms with Crippen molar-refractivity contribution in [3.8, 4) is 0 Å². The summed E-state index contributed by atoms with van der Waals surface area (Å²) in [5.74, 6) is 7.71. The van der Waals surface area contributed by atoms with Crippen molar-refractivity contribution in [3.63, 3.8) is 0 Å². The minimum absolute atomic E-state index is 0.333. The van der Waals surface area contributed by atoms with Gasteiger partial charge in [0.05, 0.1) is 6.21 Å². The second kappa shape index (κ2) is 26.5. The Bertz CT molecular complexity index is 1570. The van der Waals surface area contributed by atoms with Crippen LogP contribution in [0.25, 0.3) is 11.5 Å². The molecule has 0 amide bonds. The highest BCUT2D eigenvalue weighted by molar-refractivity contribution is 8.00. The summed E-state index contributed by atoms with van der Waals surface area (Å²) < 4.78 is 0. The van der Waals surface area contributed by atoms with Crippen molar-refractivity contribution in [2.75, 3.05) is 19.3 Å². The maximum atomic E-state index is 5.78. The van der Waals surface area contributed by atoms with Crippen molar-refractivity contribution in [3.05, 3.63) is 121 Å². The van der Waals surface area contributed by atoms with Crippen LogP contribution in [-0.2, 0) is 6.42 Å². The molecule has 0 aliphatic heterocycles. The van der Waals surface area contributed by atoms with E-state index in [0.29, 0.717) is 17.1 Å². The molecule has 6 heteroatoms. The van der Waals surface area contributed by atoms with Crippen LogP contribution >= 0.6 is 11.8 Å². The molecular formula is C49H71B2N3S. The first-order valence-electron chi connectivity index (χ1n) is 21.2. The van der Waals surface area contributed by atoms with Crippen molar-refractivity contribution in [2.24, 2.45) is 22.8 Å². The van der Waals surface area contributed by atoms with Crippen molar-refractivity contribution in [2.45, 2.75) is 122 Å². The van der Waals surface area contributed by atoms with Gasteiger partial charge < -0.3 is 10.7 Å². The number of fused-ring (bicyclic) bond motifs is 1. The van der Waals surface area contributed by atoms with Crippen LogP contribution in [0.15, 0.2) is 109 Å². The number of nitrogens with zero attached hydrogens (tertiary/aromatic N) is 2. The standard InChI is InChI=1S/C49H71B2N3S/c1-9-12-13-16-19-33-55-49(20-10-2)30-21-38(4)39(5)34-44-23-22-43-26-29-48(36-45(43)35-46(44)37-53-52)51-41(7)42-24-27-47(28-25-42)50-31-17-14-15-18-32-54(8)40(6)11-3/h11,21,24-30,35-38,44,49H,3,5-7,9-10,12-20,22-23,31-34,52H2,1-2,4,8H3/b30-21-,53-37+. The topological polar surface area (TPSA) is 41.6 Å². The Kier molecular flexibility index (Phi) is 22.2. The molecule has 3 rings (SSSR count). The van der Waals surface area contributed by atoms with Crippen LogP contribution in [-0.4, -0.2) is 50.3 Å². The number of allylic oxidation sites excluding steroid dienone is 4. The Morgan fingerprint density at radius 3 is 2.40 bits per heavy atom. The summed E-state index contributed by atoms with van der Waals surface area (Å²) in [6.07, 6.45) is 29.0. The molecule has 2 radical (unpaired) electrons. The predicted octanol–water partition coefficient (Wildman–Crippen LogP) is 11.5. The lowest BCUT2D eigenvalue weighted by atomic mass is 9.60. The highest BCUT2D eigenvalue weighted by Gasteiger charge is 2.21. The number of benzene rings is 2. The molecule has 1 aliphatic rings. The molecule has 0 saturated heterocycles. The van der Waals surface area contributed by atoms with Crippen molar-refractivity contribution < 1.29 is 0 Å². The maximum Gasteiger partial charge on any atom is 0.191 e. The average Bonchev–Trinajstić information content (AvgIpc) is 3.35. The summed E-state index contributed by atoms with van der Waals surface area (Å²) >= 11 is 2.14. The largest absolute Gasteiger partial charge is 0.375 e. The number of hydrogen-bond acceptors (Lipinski definition) is 4. The lowest BCUT2D eigenvalue weighted by molar-refractivity contribution is 0.411. The predicted molar refractivity (Wildman–Crippen MR) is 252 cm³/mol. The number of nitrogens with two attached hydrogens (primary N) is 1. The fourth-order valence-electron chi connectivity index (χ4n) is 7.23. The number of hydrogen-bond donors (Lipinski definition) is 1. The number of hydrazone groups is 1. The monoisotopic (exact) mass is 756 g/mol. The van der Waals surface area contributed by atoms with E-state index in [1.807, 2.05) is 12.3 Å². The van der Waals surface area contributed by atoms with E-state index in [2.05, 4.69) is 151 Å². The van der Waals surface area contributed by atoms with Crippen molar-refractivity contribution in [1.82, 2.24) is 4.90 Å². The molecule has 0 bridgehead atoms. The van der Waals surface area contributed by atoms with E-state index < -0.39 is 0 Å². The van der Waals surface area contributed by atoms with Gasteiger partial charge in [-0.05, 0) is 90.5 Å². The molecule has 0 saturated carbocycles. The van der Waals surface area contributed by atoms with E-state index in [-0.39, 0.29) is 0 Å². The van der Waals surface area contributed by atoms with E-state index in [1.54, 1.807) is 0 Å². The summed E-state index contributed by atoms with van der Waals surface area (Å²) in [6, 6.07) is 15.6. The van der Waals surface area contributed by atoms with Crippen LogP contribution < -0.4 is 16.8 Å². The molecule has 2 aromatic carbocycles. The second-order valence-corrected chi connectivity index (χ2v) is 16.9. The minimum atomic E-state index is 0.333. The number of aryl methyl sites for hydroxylation is 1. The van der Waals surface area contributed by atoms with Crippen LogP contribution in [0.2, 0.25) is 6.32 Å². The molecule has 55 heavy (non-hydrogen) atoms. The van der Waals surface area contributed by atoms with Gasteiger partial charge in [-0.2, -0.15) is 16.9 Å². The van der Waals surface area contributed by atoms with Crippen LogP contribution in [0.1, 0.15) is 121 Å². The molecule has 1 aliphatic carbocycles. The summed E-state index contributed by atoms with van der Waals surface area (Å²) in [6.45, 7) is 24.8. The summed E-state index contributed by atoms with van der Waals surface area (Å²) in [4.78, 5) is 2.18. The lowest BCUT2D eigenvalue weighted by Gasteiger charge is -2.20. The van der Waals surface area contributed by atoms with Gasteiger partial charge in [-0.25, -0.2) is 0 Å². The van der Waals surface area contributed by atoms with Gasteiger partial charge in [-0.1, -0.05) is 175 Å². The maximum absolute atomic E-state index is 5.78. The zero-order valence-electron chi connectivity index (χ0n) is 35.0. The molecule has 2 aromatic rings. The van der Waals surface area contributed by atoms with Gasteiger partial charge >= 0.3 is 0 Å². The Hall–Kier alpha value is -3.37. The van der Waals surface area contributed by atoms with Crippen molar-refractivity contribution in [1.29, 1.82) is 0 Å². The lowest BCUT2D eigenvalue weighted by Crippen LogP contribution is -2.17. The van der Waals surface area contributed by atoms with E-state index in [9.17, 15) is 0 Å². The van der Waals surface area contributed by atoms with Gasteiger partial charge in [0.2, 0.25) is 0 Å². The molecule has 2 N–H and O–H groups in total. The first-order valence-corrected chi connectivity index (χ1v) is 22.3. The fourth-order valence-corrected chi connectivity index (χ4v) is 8.51. The summed E-state index contributed by atoms with van der Waals surface area (Å²) in [5, 5.41) is 4.60. The quantitative estimate of drug-likeness (QED) is 0.0179. The van der Waals surface area contributed by atoms with E-state index >= 15 is 0 Å². The summed E-state index contributed by atoms with van der Waals surface area (Å²) in [5.41, 5.74) is 10.7. The first kappa shape index (κ1) is 46.0. The molecule has 0 spiro atoms. The number of rotatable bonds is 28. The number of likely N-dealkylation sites (N-methyl/N-ethyl adjacent to an activating group) is 1. The SMILES string of the molecule is C=CC(=C)N(C)CCCCCC[B]c1ccc(C(=C)[B]c2ccc3c(c2)C=C(/C=N/N)C(CC(=C)C(C)/C=C\C(CCC)SCCCCCCC)CC3)cc1. The van der Waals surface area contributed by atoms with E-state index in [1.165, 1.54) is 104 Å². The van der Waals surface area contributed by atoms with Crippen LogP contribution in [0.3, 0.4) is 0 Å². The molecular weight excluding hydrogens is 684 g/mol. The molecule has 294 valence electrons. The van der Waals surface area contributed by atoms with Crippen LogP contribution in [0.5, 0.6) is 0 Å². The van der Waals surface area contributed by atoms with E-state index in [4.69, 9.17) is 5.84 Å². The third-order valence-corrected chi connectivity index (χ3v) is 12.4. The zero-order chi connectivity index (χ0) is 39.8. The number of unbranched alkanes of at least 4 members (excludes halogenated alkanes) is 7. The Morgan fingerprint density at radius 1 is 0.945 bits per heavy atom. The third-order valence-electron chi connectivity index (χ3n) is 11.0. The second-order valence-electron chi connectivity index (χ2n) is 15.6. The van der Waals surface area contributed by atoms with Gasteiger partial charge in [0.15, 0.2) is 14.6 Å². The van der Waals surface area contributed by atoms with Crippen molar-refractivity contribution >= 4 is 55.0 Å². The molecule has 0 fully saturated rings. The molecule has 3 nitrogen and oxygen atoms in total. The Balaban J connectivity index is 1.53. The number of thioether (sulfide) groups is 1. The van der Waals surface area contributed by atoms with Crippen LogP contribution in [0, 0.1) is 11.8 Å². The summed E-state index contributed by atoms with van der Waals surface area (Å²) in [7, 11) is 6.63. The molecule has 0 aromatic heterocycles. The van der Waals surface area contributed by atoms with Gasteiger partial charge in [0, 0.05) is 24.5 Å². The molecule has 3 unspecified atom stereocenters.